The van der Waals surface area contributed by atoms with E-state index < -0.39 is 0 Å². The van der Waals surface area contributed by atoms with Gasteiger partial charge in [0.2, 0.25) is 0 Å². The number of anilines is 2. The average molecular weight is 363 g/mol. The van der Waals surface area contributed by atoms with E-state index in [1.165, 1.54) is 0 Å². The van der Waals surface area contributed by atoms with Crippen LogP contribution in [0.4, 0.5) is 11.6 Å². The summed E-state index contributed by atoms with van der Waals surface area (Å²) in [6, 6.07) is 9.57. The first kappa shape index (κ1) is 17.0. The molecule has 27 heavy (non-hydrogen) atoms. The predicted molar refractivity (Wildman–Crippen MR) is 103 cm³/mol. The highest BCUT2D eigenvalue weighted by Crippen LogP contribution is 2.30. The molecule has 1 amide bonds. The van der Waals surface area contributed by atoms with Crippen LogP contribution >= 0.6 is 0 Å². The third-order valence-electron chi connectivity index (χ3n) is 4.77. The molecule has 0 unspecified atom stereocenters. The van der Waals surface area contributed by atoms with Crippen LogP contribution in [0, 0.1) is 0 Å². The number of nitrogens with zero attached hydrogens (tertiary/aromatic N) is 5. The lowest BCUT2D eigenvalue weighted by atomic mass is 10.0. The summed E-state index contributed by atoms with van der Waals surface area (Å²) in [6.45, 7) is 1.03. The van der Waals surface area contributed by atoms with Crippen molar-refractivity contribution in [2.75, 3.05) is 31.3 Å². The lowest BCUT2D eigenvalue weighted by molar-refractivity contribution is 0.0726. The van der Waals surface area contributed by atoms with Crippen molar-refractivity contribution in [3.63, 3.8) is 0 Å². The number of amides is 1. The van der Waals surface area contributed by atoms with Crippen molar-refractivity contribution in [3.8, 4) is 11.1 Å². The molecule has 0 radical (unpaired) electrons. The van der Waals surface area contributed by atoms with Crippen LogP contribution in [0.5, 0.6) is 0 Å². The molecule has 2 aromatic heterocycles. The van der Waals surface area contributed by atoms with E-state index in [-0.39, 0.29) is 5.91 Å². The summed E-state index contributed by atoms with van der Waals surface area (Å²) >= 11 is 0. The fourth-order valence-electron chi connectivity index (χ4n) is 3.46. The number of fused-ring (bicyclic) bond motifs is 1. The molecule has 138 valence electrons. The zero-order chi connectivity index (χ0) is 19.0. The SMILES string of the molecule is CN(C)c1ncnc2c1CCN(C(=O)c1[nH]nc(N)c1-c1ccccc1)C2. The van der Waals surface area contributed by atoms with E-state index in [1.807, 2.05) is 49.3 Å². The molecule has 0 fully saturated rings. The smallest absolute Gasteiger partial charge is 0.272 e. The first-order valence-corrected chi connectivity index (χ1v) is 8.75. The third kappa shape index (κ3) is 2.99. The van der Waals surface area contributed by atoms with Gasteiger partial charge in [-0.2, -0.15) is 5.10 Å². The van der Waals surface area contributed by atoms with E-state index >= 15 is 0 Å². The first-order chi connectivity index (χ1) is 13.1. The molecule has 0 saturated heterocycles. The highest BCUT2D eigenvalue weighted by Gasteiger charge is 2.29. The van der Waals surface area contributed by atoms with Crippen molar-refractivity contribution in [2.24, 2.45) is 0 Å². The van der Waals surface area contributed by atoms with E-state index in [2.05, 4.69) is 20.2 Å². The Labute approximate surface area is 157 Å². The van der Waals surface area contributed by atoms with Crippen molar-refractivity contribution in [1.82, 2.24) is 25.1 Å². The summed E-state index contributed by atoms with van der Waals surface area (Å²) in [5.74, 6) is 1.09. The second-order valence-electron chi connectivity index (χ2n) is 6.72. The van der Waals surface area contributed by atoms with Crippen LogP contribution in [0.3, 0.4) is 0 Å². The number of carbonyl (C=O) groups is 1. The van der Waals surface area contributed by atoms with E-state index in [1.54, 1.807) is 11.2 Å². The van der Waals surface area contributed by atoms with Crippen molar-refractivity contribution in [1.29, 1.82) is 0 Å². The predicted octanol–water partition coefficient (Wildman–Crippen LogP) is 1.71. The lowest BCUT2D eigenvalue weighted by Gasteiger charge is -2.30. The Hall–Kier alpha value is -3.42. The van der Waals surface area contributed by atoms with Crippen LogP contribution < -0.4 is 10.6 Å². The van der Waals surface area contributed by atoms with Crippen LogP contribution in [-0.2, 0) is 13.0 Å². The number of aromatic amines is 1. The van der Waals surface area contributed by atoms with Gasteiger partial charge in [0.1, 0.15) is 17.8 Å². The second kappa shape index (κ2) is 6.71. The molecular weight excluding hydrogens is 342 g/mol. The number of H-pyrrole nitrogens is 1. The lowest BCUT2D eigenvalue weighted by Crippen LogP contribution is -2.37. The summed E-state index contributed by atoms with van der Waals surface area (Å²) in [5, 5.41) is 6.88. The summed E-state index contributed by atoms with van der Waals surface area (Å²) in [5.41, 5.74) is 9.92. The molecule has 0 saturated carbocycles. The van der Waals surface area contributed by atoms with Crippen LogP contribution in [-0.4, -0.2) is 51.6 Å². The van der Waals surface area contributed by atoms with Crippen molar-refractivity contribution < 1.29 is 4.79 Å². The van der Waals surface area contributed by atoms with Gasteiger partial charge in [0.05, 0.1) is 17.8 Å². The maximum Gasteiger partial charge on any atom is 0.272 e. The fourth-order valence-corrected chi connectivity index (χ4v) is 3.46. The largest absolute Gasteiger partial charge is 0.382 e. The Morgan fingerprint density at radius 2 is 2.00 bits per heavy atom. The molecule has 0 spiro atoms. The van der Waals surface area contributed by atoms with Gasteiger partial charge in [-0.05, 0) is 12.0 Å². The van der Waals surface area contributed by atoms with Gasteiger partial charge < -0.3 is 15.5 Å². The quantitative estimate of drug-likeness (QED) is 0.734. The number of hydrogen-bond acceptors (Lipinski definition) is 6. The van der Waals surface area contributed by atoms with E-state index in [4.69, 9.17) is 5.73 Å². The number of rotatable bonds is 3. The summed E-state index contributed by atoms with van der Waals surface area (Å²) in [6.07, 6.45) is 2.26. The molecule has 3 aromatic rings. The van der Waals surface area contributed by atoms with Crippen LogP contribution in [0.25, 0.3) is 11.1 Å². The number of hydrogen-bond donors (Lipinski definition) is 2. The Morgan fingerprint density at radius 3 is 2.74 bits per heavy atom. The molecular formula is C19H21N7O. The van der Waals surface area contributed by atoms with Crippen LogP contribution in [0.1, 0.15) is 21.7 Å². The minimum absolute atomic E-state index is 0.131. The maximum atomic E-state index is 13.2. The first-order valence-electron chi connectivity index (χ1n) is 8.75. The number of nitrogens with two attached hydrogens (primary N) is 1. The molecule has 0 atom stereocenters. The van der Waals surface area contributed by atoms with Gasteiger partial charge in [-0.25, -0.2) is 9.97 Å². The topological polar surface area (TPSA) is 104 Å². The molecule has 4 rings (SSSR count). The number of aromatic nitrogens is 4. The highest BCUT2D eigenvalue weighted by atomic mass is 16.2. The van der Waals surface area contributed by atoms with Crippen LogP contribution in [0.2, 0.25) is 0 Å². The summed E-state index contributed by atoms with van der Waals surface area (Å²) < 4.78 is 0. The van der Waals surface area contributed by atoms with Gasteiger partial charge >= 0.3 is 0 Å². The highest BCUT2D eigenvalue weighted by molar-refractivity contribution is 6.01. The van der Waals surface area contributed by atoms with E-state index in [0.717, 1.165) is 22.6 Å². The van der Waals surface area contributed by atoms with Gasteiger partial charge in [0, 0.05) is 26.2 Å². The second-order valence-corrected chi connectivity index (χ2v) is 6.72. The zero-order valence-corrected chi connectivity index (χ0v) is 15.3. The third-order valence-corrected chi connectivity index (χ3v) is 4.77. The van der Waals surface area contributed by atoms with Gasteiger partial charge in [-0.15, -0.1) is 0 Å². The van der Waals surface area contributed by atoms with E-state index in [9.17, 15) is 4.79 Å². The molecule has 1 aliphatic rings. The standard InChI is InChI=1S/C19H21N7O/c1-25(2)18-13-8-9-26(10-14(13)21-11-22-18)19(27)16-15(17(20)24-23-16)12-6-4-3-5-7-12/h3-7,11H,8-10H2,1-2H3,(H3,20,23,24). The number of nitrogen functional groups attached to an aromatic ring is 1. The molecule has 1 aromatic carbocycles. The van der Waals surface area contributed by atoms with Gasteiger partial charge in [0.25, 0.3) is 5.91 Å². The van der Waals surface area contributed by atoms with E-state index in [0.29, 0.717) is 36.6 Å². The molecule has 8 heteroatoms. The minimum atomic E-state index is -0.131. The zero-order valence-electron chi connectivity index (χ0n) is 15.3. The number of carbonyl (C=O) groups excluding carboxylic acids is 1. The number of benzene rings is 1. The minimum Gasteiger partial charge on any atom is -0.382 e. The Balaban J connectivity index is 1.65. The van der Waals surface area contributed by atoms with Crippen LogP contribution in [0.15, 0.2) is 36.7 Å². The average Bonchev–Trinajstić information content (AvgIpc) is 3.08. The van der Waals surface area contributed by atoms with Gasteiger partial charge in [-0.1, -0.05) is 30.3 Å². The van der Waals surface area contributed by atoms with Gasteiger partial charge in [-0.3, -0.25) is 9.89 Å². The summed E-state index contributed by atoms with van der Waals surface area (Å²) in [4.78, 5) is 25.7. The number of nitrogens with one attached hydrogen (secondary N) is 1. The van der Waals surface area contributed by atoms with Crippen molar-refractivity contribution >= 4 is 17.5 Å². The normalized spacial score (nSPS) is 13.3. The molecule has 0 bridgehead atoms. The van der Waals surface area contributed by atoms with Gasteiger partial charge in [0.15, 0.2) is 5.82 Å². The fraction of sp³-hybridized carbons (Fsp3) is 0.263. The van der Waals surface area contributed by atoms with Crippen molar-refractivity contribution in [2.45, 2.75) is 13.0 Å². The molecule has 8 nitrogen and oxygen atoms in total. The molecule has 3 N–H and O–H groups in total. The molecule has 0 aliphatic carbocycles. The maximum absolute atomic E-state index is 13.2. The Morgan fingerprint density at radius 1 is 1.22 bits per heavy atom. The molecule has 3 heterocycles. The Kier molecular flexibility index (Phi) is 4.23. The Bertz CT molecular complexity index is 981. The monoisotopic (exact) mass is 363 g/mol. The molecule has 1 aliphatic heterocycles. The van der Waals surface area contributed by atoms with Crippen molar-refractivity contribution in [3.05, 3.63) is 53.6 Å². The summed E-state index contributed by atoms with van der Waals surface area (Å²) in [7, 11) is 3.92.